The molecule has 3 aromatic carbocycles. The van der Waals surface area contributed by atoms with Gasteiger partial charge in [0.05, 0.1) is 28.9 Å². The van der Waals surface area contributed by atoms with Crippen LogP contribution in [0.1, 0.15) is 35.7 Å². The summed E-state index contributed by atoms with van der Waals surface area (Å²) in [6, 6.07) is 20.5. The number of anilines is 1. The van der Waals surface area contributed by atoms with Crippen LogP contribution in [-0.4, -0.2) is 35.5 Å². The average Bonchev–Trinajstić information content (AvgIpc) is 2.89. The summed E-state index contributed by atoms with van der Waals surface area (Å²) in [5, 5.41) is 6.06. The second kappa shape index (κ2) is 12.5. The van der Waals surface area contributed by atoms with Gasteiger partial charge >= 0.3 is 0 Å². The van der Waals surface area contributed by atoms with E-state index in [-0.39, 0.29) is 11.9 Å². The minimum absolute atomic E-state index is 0.139. The predicted octanol–water partition coefficient (Wildman–Crippen LogP) is 8.13. The van der Waals surface area contributed by atoms with Crippen molar-refractivity contribution in [2.45, 2.75) is 32.4 Å². The standard InChI is InChI=1S/C29H28Cl3N3O2/c1-19(34-27-17-24(37-2)15-21-6-3-13-33-28(21)27)5-4-14-35(18-20-7-9-22(30)10-8-20)29(36)25-12-11-23(31)16-26(25)32/h3,6-13,15-17,19,34H,4-5,14,18H2,1-2H3. The van der Waals surface area contributed by atoms with Gasteiger partial charge in [0.25, 0.3) is 5.91 Å². The molecule has 8 heteroatoms. The zero-order valence-electron chi connectivity index (χ0n) is 20.7. The number of benzene rings is 3. The molecule has 0 fully saturated rings. The molecule has 0 spiro atoms. The van der Waals surface area contributed by atoms with Crippen molar-refractivity contribution >= 4 is 57.3 Å². The van der Waals surface area contributed by atoms with E-state index in [1.165, 1.54) is 0 Å². The summed E-state index contributed by atoms with van der Waals surface area (Å²) < 4.78 is 5.47. The molecule has 0 aliphatic carbocycles. The number of carbonyl (C=O) groups is 1. The summed E-state index contributed by atoms with van der Waals surface area (Å²) in [5.74, 6) is 0.634. The molecule has 5 nitrogen and oxygen atoms in total. The van der Waals surface area contributed by atoms with E-state index in [2.05, 4.69) is 17.2 Å². The summed E-state index contributed by atoms with van der Waals surface area (Å²) in [4.78, 5) is 19.8. The lowest BCUT2D eigenvalue weighted by atomic mass is 10.1. The van der Waals surface area contributed by atoms with Crippen molar-refractivity contribution in [2.24, 2.45) is 0 Å². The van der Waals surface area contributed by atoms with Gasteiger partial charge in [-0.3, -0.25) is 9.78 Å². The first-order valence-electron chi connectivity index (χ1n) is 12.0. The van der Waals surface area contributed by atoms with Crippen LogP contribution in [0.4, 0.5) is 5.69 Å². The predicted molar refractivity (Wildman–Crippen MR) is 153 cm³/mol. The molecule has 192 valence electrons. The number of aromatic nitrogens is 1. The van der Waals surface area contributed by atoms with Gasteiger partial charge in [0.2, 0.25) is 0 Å². The fourth-order valence-electron chi connectivity index (χ4n) is 4.21. The van der Waals surface area contributed by atoms with Crippen LogP contribution in [0.15, 0.2) is 72.9 Å². The van der Waals surface area contributed by atoms with Crippen LogP contribution in [-0.2, 0) is 6.54 Å². The van der Waals surface area contributed by atoms with Crippen LogP contribution < -0.4 is 10.1 Å². The normalized spacial score (nSPS) is 11.8. The second-order valence-electron chi connectivity index (χ2n) is 8.92. The molecule has 0 radical (unpaired) electrons. The van der Waals surface area contributed by atoms with E-state index in [4.69, 9.17) is 39.5 Å². The summed E-state index contributed by atoms with van der Waals surface area (Å²) in [6.45, 7) is 3.13. The summed E-state index contributed by atoms with van der Waals surface area (Å²) in [7, 11) is 1.66. The maximum atomic E-state index is 13.5. The Hall–Kier alpha value is -2.99. The first kappa shape index (κ1) is 27.1. The van der Waals surface area contributed by atoms with Crippen LogP contribution in [0.2, 0.25) is 15.1 Å². The highest BCUT2D eigenvalue weighted by Crippen LogP contribution is 2.29. The number of amides is 1. The first-order valence-corrected chi connectivity index (χ1v) is 13.2. The fourth-order valence-corrected chi connectivity index (χ4v) is 4.83. The number of methoxy groups -OCH3 is 1. The third-order valence-electron chi connectivity index (χ3n) is 6.12. The lowest BCUT2D eigenvalue weighted by Gasteiger charge is -2.25. The lowest BCUT2D eigenvalue weighted by Crippen LogP contribution is -2.32. The largest absolute Gasteiger partial charge is 0.497 e. The molecule has 0 aliphatic heterocycles. The van der Waals surface area contributed by atoms with E-state index in [0.717, 1.165) is 40.7 Å². The minimum Gasteiger partial charge on any atom is -0.497 e. The quantitative estimate of drug-likeness (QED) is 0.214. The Morgan fingerprint density at radius 1 is 1.03 bits per heavy atom. The van der Waals surface area contributed by atoms with Gasteiger partial charge in [-0.2, -0.15) is 0 Å². The monoisotopic (exact) mass is 555 g/mol. The Morgan fingerprint density at radius 3 is 2.51 bits per heavy atom. The molecule has 1 N–H and O–H groups in total. The molecule has 1 atom stereocenters. The number of fused-ring (bicyclic) bond motifs is 1. The van der Waals surface area contributed by atoms with E-state index in [0.29, 0.717) is 33.7 Å². The third-order valence-corrected chi connectivity index (χ3v) is 6.92. The molecule has 1 unspecified atom stereocenters. The summed E-state index contributed by atoms with van der Waals surface area (Å²) in [6.07, 6.45) is 3.41. The zero-order valence-corrected chi connectivity index (χ0v) is 22.9. The zero-order chi connectivity index (χ0) is 26.4. The Morgan fingerprint density at radius 2 is 1.78 bits per heavy atom. The lowest BCUT2D eigenvalue weighted by molar-refractivity contribution is 0.0740. The SMILES string of the molecule is COc1cc(NC(C)CCCN(Cc2ccc(Cl)cc2)C(=O)c2ccc(Cl)cc2Cl)c2ncccc2c1. The molecule has 1 heterocycles. The minimum atomic E-state index is -0.139. The molecule has 1 amide bonds. The molecular formula is C29H28Cl3N3O2. The van der Waals surface area contributed by atoms with Crippen molar-refractivity contribution < 1.29 is 9.53 Å². The van der Waals surface area contributed by atoms with Gasteiger partial charge in [-0.1, -0.05) is 53.0 Å². The number of nitrogens with one attached hydrogen (secondary N) is 1. The van der Waals surface area contributed by atoms with Crippen molar-refractivity contribution in [3.05, 3.63) is 99.1 Å². The number of halogens is 3. The molecule has 0 bridgehead atoms. The van der Waals surface area contributed by atoms with E-state index in [1.54, 1.807) is 31.5 Å². The van der Waals surface area contributed by atoms with E-state index >= 15 is 0 Å². The van der Waals surface area contributed by atoms with Crippen molar-refractivity contribution in [3.63, 3.8) is 0 Å². The highest BCUT2D eigenvalue weighted by atomic mass is 35.5. The highest BCUT2D eigenvalue weighted by Gasteiger charge is 2.20. The number of carbonyl (C=O) groups excluding carboxylic acids is 1. The summed E-state index contributed by atoms with van der Waals surface area (Å²) >= 11 is 18.5. The summed E-state index contributed by atoms with van der Waals surface area (Å²) in [5.41, 5.74) is 3.24. The molecule has 0 saturated carbocycles. The maximum Gasteiger partial charge on any atom is 0.255 e. The number of hydrogen-bond acceptors (Lipinski definition) is 4. The maximum absolute atomic E-state index is 13.5. The van der Waals surface area contributed by atoms with Crippen molar-refractivity contribution in [1.82, 2.24) is 9.88 Å². The van der Waals surface area contributed by atoms with Gasteiger partial charge in [0.15, 0.2) is 0 Å². The number of pyridine rings is 1. The van der Waals surface area contributed by atoms with Gasteiger partial charge in [0, 0.05) is 46.8 Å². The molecule has 4 rings (SSSR count). The van der Waals surface area contributed by atoms with Crippen LogP contribution in [0, 0.1) is 0 Å². The van der Waals surface area contributed by atoms with E-state index < -0.39 is 0 Å². The molecule has 37 heavy (non-hydrogen) atoms. The van der Waals surface area contributed by atoms with Gasteiger partial charge in [-0.25, -0.2) is 0 Å². The number of hydrogen-bond donors (Lipinski definition) is 1. The Bertz CT molecular complexity index is 1380. The molecular weight excluding hydrogens is 529 g/mol. The molecule has 4 aromatic rings. The highest BCUT2D eigenvalue weighted by molar-refractivity contribution is 6.36. The van der Waals surface area contributed by atoms with Gasteiger partial charge in [0.1, 0.15) is 5.75 Å². The molecule has 0 saturated heterocycles. The number of rotatable bonds is 10. The number of nitrogens with zero attached hydrogens (tertiary/aromatic N) is 2. The van der Waals surface area contributed by atoms with Crippen molar-refractivity contribution in [1.29, 1.82) is 0 Å². The van der Waals surface area contributed by atoms with E-state index in [1.807, 2.05) is 53.4 Å². The molecule has 0 aliphatic rings. The number of ether oxygens (including phenoxy) is 1. The Labute approximate surface area is 232 Å². The third kappa shape index (κ3) is 7.07. The molecule has 1 aromatic heterocycles. The van der Waals surface area contributed by atoms with Crippen LogP contribution in [0.5, 0.6) is 5.75 Å². The van der Waals surface area contributed by atoms with Crippen molar-refractivity contribution in [3.8, 4) is 5.75 Å². The van der Waals surface area contributed by atoms with Crippen LogP contribution >= 0.6 is 34.8 Å². The van der Waals surface area contributed by atoms with Gasteiger partial charge in [-0.15, -0.1) is 0 Å². The van der Waals surface area contributed by atoms with Crippen LogP contribution in [0.25, 0.3) is 10.9 Å². The average molecular weight is 557 g/mol. The smallest absolute Gasteiger partial charge is 0.255 e. The van der Waals surface area contributed by atoms with Gasteiger partial charge in [-0.05, 0) is 67.8 Å². The van der Waals surface area contributed by atoms with E-state index in [9.17, 15) is 4.79 Å². The second-order valence-corrected chi connectivity index (χ2v) is 10.2. The van der Waals surface area contributed by atoms with Crippen molar-refractivity contribution in [2.75, 3.05) is 19.0 Å². The van der Waals surface area contributed by atoms with Gasteiger partial charge < -0.3 is 15.0 Å². The topological polar surface area (TPSA) is 54.5 Å². The van der Waals surface area contributed by atoms with Crippen LogP contribution in [0.3, 0.4) is 0 Å². The Kier molecular flexibility index (Phi) is 9.14. The Balaban J connectivity index is 1.46. The fraction of sp³-hybridized carbons (Fsp3) is 0.241. The first-order chi connectivity index (χ1) is 17.8.